The van der Waals surface area contributed by atoms with Gasteiger partial charge in [-0.25, -0.2) is 0 Å². The van der Waals surface area contributed by atoms with Gasteiger partial charge in [0.25, 0.3) is 0 Å². The van der Waals surface area contributed by atoms with Gasteiger partial charge in [0.1, 0.15) is 5.75 Å². The summed E-state index contributed by atoms with van der Waals surface area (Å²) in [4.78, 5) is 0. The summed E-state index contributed by atoms with van der Waals surface area (Å²) < 4.78 is 10.5. The third kappa shape index (κ3) is 2.74. The lowest BCUT2D eigenvalue weighted by molar-refractivity contribution is 0.190. The van der Waals surface area contributed by atoms with Crippen LogP contribution in [-0.4, -0.2) is 26.4 Å². The number of aryl methyl sites for hydroxylation is 1. The number of rotatable bonds is 4. The fourth-order valence-corrected chi connectivity index (χ4v) is 1.94. The Bertz CT molecular complexity index is 346. The molecule has 3 heteroatoms. The highest BCUT2D eigenvalue weighted by Gasteiger charge is 2.14. The van der Waals surface area contributed by atoms with Gasteiger partial charge in [0.15, 0.2) is 0 Å². The van der Waals surface area contributed by atoms with E-state index < -0.39 is 0 Å². The van der Waals surface area contributed by atoms with Crippen molar-refractivity contribution in [2.75, 3.05) is 20.3 Å². The van der Waals surface area contributed by atoms with Gasteiger partial charge in [-0.2, -0.15) is 0 Å². The number of nitrogens with one attached hydrogen (secondary N) is 1. The third-order valence-electron chi connectivity index (χ3n) is 3.06. The van der Waals surface area contributed by atoms with E-state index >= 15 is 0 Å². The summed E-state index contributed by atoms with van der Waals surface area (Å²) in [5.74, 6) is 0.922. The zero-order chi connectivity index (χ0) is 11.4. The largest absolute Gasteiger partial charge is 0.497 e. The van der Waals surface area contributed by atoms with Gasteiger partial charge in [0.2, 0.25) is 0 Å². The lowest BCUT2D eigenvalue weighted by Gasteiger charge is -2.12. The first kappa shape index (κ1) is 11.4. The molecule has 1 aromatic rings. The molecule has 0 aliphatic carbocycles. The van der Waals surface area contributed by atoms with Crippen molar-refractivity contribution in [3.05, 3.63) is 29.3 Å². The van der Waals surface area contributed by atoms with Gasteiger partial charge in [-0.15, -0.1) is 0 Å². The molecular formula is C13H19NO2. The Kier molecular flexibility index (Phi) is 3.80. The number of hydrogen-bond acceptors (Lipinski definition) is 3. The van der Waals surface area contributed by atoms with Gasteiger partial charge >= 0.3 is 0 Å². The van der Waals surface area contributed by atoms with E-state index in [9.17, 15) is 0 Å². The SMILES string of the molecule is COc1ccc(CNC2CCOC2)c(C)c1. The van der Waals surface area contributed by atoms with Crippen LogP contribution in [0.15, 0.2) is 18.2 Å². The molecule has 2 rings (SSSR count). The second kappa shape index (κ2) is 5.32. The van der Waals surface area contributed by atoms with Crippen LogP contribution in [0.5, 0.6) is 5.75 Å². The van der Waals surface area contributed by atoms with Crippen LogP contribution >= 0.6 is 0 Å². The summed E-state index contributed by atoms with van der Waals surface area (Å²) in [5, 5.41) is 3.51. The molecule has 3 nitrogen and oxygen atoms in total. The van der Waals surface area contributed by atoms with E-state index in [0.717, 1.165) is 31.9 Å². The molecule has 0 aromatic heterocycles. The maximum absolute atomic E-state index is 5.33. The number of methoxy groups -OCH3 is 1. The highest BCUT2D eigenvalue weighted by molar-refractivity contribution is 5.34. The van der Waals surface area contributed by atoms with Crippen LogP contribution in [0.2, 0.25) is 0 Å². The molecule has 1 atom stereocenters. The van der Waals surface area contributed by atoms with Gasteiger partial charge in [-0.1, -0.05) is 6.07 Å². The quantitative estimate of drug-likeness (QED) is 0.842. The molecule has 1 unspecified atom stereocenters. The minimum Gasteiger partial charge on any atom is -0.497 e. The molecule has 0 radical (unpaired) electrons. The summed E-state index contributed by atoms with van der Waals surface area (Å²) >= 11 is 0. The molecule has 0 saturated carbocycles. The van der Waals surface area contributed by atoms with Crippen molar-refractivity contribution in [1.82, 2.24) is 5.32 Å². The van der Waals surface area contributed by atoms with Crippen LogP contribution in [-0.2, 0) is 11.3 Å². The van der Waals surface area contributed by atoms with Gasteiger partial charge in [-0.05, 0) is 36.6 Å². The van der Waals surface area contributed by atoms with Crippen LogP contribution in [0, 0.1) is 6.92 Å². The zero-order valence-corrected chi connectivity index (χ0v) is 9.95. The zero-order valence-electron chi connectivity index (χ0n) is 9.95. The molecule has 0 spiro atoms. The normalized spacial score (nSPS) is 20.0. The predicted molar refractivity (Wildman–Crippen MR) is 63.8 cm³/mol. The summed E-state index contributed by atoms with van der Waals surface area (Å²) in [7, 11) is 1.70. The third-order valence-corrected chi connectivity index (χ3v) is 3.06. The van der Waals surface area contributed by atoms with E-state index in [0.29, 0.717) is 6.04 Å². The molecule has 1 heterocycles. The van der Waals surface area contributed by atoms with Gasteiger partial charge in [-0.3, -0.25) is 0 Å². The summed E-state index contributed by atoms with van der Waals surface area (Å²) in [6.45, 7) is 4.75. The van der Waals surface area contributed by atoms with Crippen molar-refractivity contribution in [2.45, 2.75) is 25.9 Å². The van der Waals surface area contributed by atoms with E-state index in [1.807, 2.05) is 6.07 Å². The molecule has 1 aromatic carbocycles. The second-order valence-corrected chi connectivity index (χ2v) is 4.23. The maximum Gasteiger partial charge on any atom is 0.119 e. The highest BCUT2D eigenvalue weighted by atomic mass is 16.5. The summed E-state index contributed by atoms with van der Waals surface area (Å²) in [5.41, 5.74) is 2.60. The lowest BCUT2D eigenvalue weighted by atomic mass is 10.1. The lowest BCUT2D eigenvalue weighted by Crippen LogP contribution is -2.28. The summed E-state index contributed by atoms with van der Waals surface area (Å²) in [6, 6.07) is 6.72. The number of ether oxygens (including phenoxy) is 2. The maximum atomic E-state index is 5.33. The van der Waals surface area contributed by atoms with Crippen LogP contribution < -0.4 is 10.1 Å². The average Bonchev–Trinajstić information content (AvgIpc) is 2.80. The van der Waals surface area contributed by atoms with Crippen molar-refractivity contribution >= 4 is 0 Å². The van der Waals surface area contributed by atoms with E-state index in [1.54, 1.807) is 7.11 Å². The van der Waals surface area contributed by atoms with Crippen LogP contribution in [0.25, 0.3) is 0 Å². The Morgan fingerprint density at radius 2 is 2.38 bits per heavy atom. The van der Waals surface area contributed by atoms with E-state index in [2.05, 4.69) is 24.4 Å². The fraction of sp³-hybridized carbons (Fsp3) is 0.538. The van der Waals surface area contributed by atoms with Gasteiger partial charge in [0.05, 0.1) is 13.7 Å². The molecule has 88 valence electrons. The highest BCUT2D eigenvalue weighted by Crippen LogP contribution is 2.17. The minimum atomic E-state index is 0.515. The number of benzene rings is 1. The minimum absolute atomic E-state index is 0.515. The Hall–Kier alpha value is -1.06. The van der Waals surface area contributed by atoms with Crippen molar-refractivity contribution < 1.29 is 9.47 Å². The van der Waals surface area contributed by atoms with Crippen LogP contribution in [0.3, 0.4) is 0 Å². The van der Waals surface area contributed by atoms with Crippen LogP contribution in [0.1, 0.15) is 17.5 Å². The van der Waals surface area contributed by atoms with Crippen molar-refractivity contribution in [2.24, 2.45) is 0 Å². The van der Waals surface area contributed by atoms with Crippen molar-refractivity contribution in [3.8, 4) is 5.75 Å². The van der Waals surface area contributed by atoms with Gasteiger partial charge < -0.3 is 14.8 Å². The van der Waals surface area contributed by atoms with E-state index in [4.69, 9.17) is 9.47 Å². The molecule has 1 N–H and O–H groups in total. The average molecular weight is 221 g/mol. The van der Waals surface area contributed by atoms with Crippen molar-refractivity contribution in [3.63, 3.8) is 0 Å². The summed E-state index contributed by atoms with van der Waals surface area (Å²) in [6.07, 6.45) is 1.12. The molecule has 1 aliphatic rings. The molecule has 1 fully saturated rings. The van der Waals surface area contributed by atoms with Crippen molar-refractivity contribution in [1.29, 1.82) is 0 Å². The molecule has 1 saturated heterocycles. The Labute approximate surface area is 96.8 Å². The topological polar surface area (TPSA) is 30.5 Å². The van der Waals surface area contributed by atoms with Crippen LogP contribution in [0.4, 0.5) is 0 Å². The Balaban J connectivity index is 1.93. The first-order valence-electron chi connectivity index (χ1n) is 5.74. The van der Waals surface area contributed by atoms with Gasteiger partial charge in [0, 0.05) is 19.2 Å². The molecule has 1 aliphatic heterocycles. The van der Waals surface area contributed by atoms with E-state index in [1.165, 1.54) is 11.1 Å². The second-order valence-electron chi connectivity index (χ2n) is 4.23. The Morgan fingerprint density at radius 1 is 1.50 bits per heavy atom. The predicted octanol–water partition coefficient (Wildman–Crippen LogP) is 1.88. The standard InChI is InChI=1S/C13H19NO2/c1-10-7-13(15-2)4-3-11(10)8-14-12-5-6-16-9-12/h3-4,7,12,14H,5-6,8-9H2,1-2H3. The molecule has 0 amide bonds. The smallest absolute Gasteiger partial charge is 0.119 e. The monoisotopic (exact) mass is 221 g/mol. The molecule has 16 heavy (non-hydrogen) atoms. The Morgan fingerprint density at radius 3 is 3.00 bits per heavy atom. The molecule has 0 bridgehead atoms. The van der Waals surface area contributed by atoms with E-state index in [-0.39, 0.29) is 0 Å². The molecular weight excluding hydrogens is 202 g/mol. The first-order valence-corrected chi connectivity index (χ1v) is 5.74. The first-order chi connectivity index (χ1) is 7.79. The number of hydrogen-bond donors (Lipinski definition) is 1. The fourth-order valence-electron chi connectivity index (χ4n) is 1.94.